The molecule has 0 heterocycles. The van der Waals surface area contributed by atoms with E-state index in [1.165, 1.54) is 18.4 Å². The Bertz CT molecular complexity index is 2310. The molecule has 2 unspecified atom stereocenters. The topological polar surface area (TPSA) is 132 Å². The zero-order valence-corrected chi connectivity index (χ0v) is 72.5. The first-order valence-corrected chi connectivity index (χ1v) is 38.4. The van der Waals surface area contributed by atoms with Crippen LogP contribution in [-0.4, -0.2) is 82.8 Å². The Morgan fingerprint density at radius 2 is 0.576 bits per heavy atom. The third-order valence-electron chi connectivity index (χ3n) is 15.8. The lowest BCUT2D eigenvalue weighted by Gasteiger charge is -2.30. The summed E-state index contributed by atoms with van der Waals surface area (Å²) in [5.41, 5.74) is 5.63. The van der Waals surface area contributed by atoms with E-state index in [2.05, 4.69) is 277 Å². The molecule has 99 heavy (non-hydrogen) atoms. The van der Waals surface area contributed by atoms with Crippen LogP contribution in [0.1, 0.15) is 337 Å². The van der Waals surface area contributed by atoms with Crippen molar-refractivity contribution in [1.82, 2.24) is 16.0 Å². The van der Waals surface area contributed by atoms with Gasteiger partial charge in [-0.2, -0.15) is 0 Å². The summed E-state index contributed by atoms with van der Waals surface area (Å²) in [7, 11) is 0. The van der Waals surface area contributed by atoms with Gasteiger partial charge in [0.05, 0.1) is 13.2 Å². The van der Waals surface area contributed by atoms with Gasteiger partial charge in [-0.05, 0) is 147 Å². The Balaban J connectivity index is -0.000000561. The van der Waals surface area contributed by atoms with Gasteiger partial charge in [-0.3, -0.25) is 19.2 Å². The monoisotopic (exact) mass is 1390 g/mol. The van der Waals surface area contributed by atoms with Gasteiger partial charge in [0, 0.05) is 77.2 Å². The molecule has 0 aliphatic carbocycles. The molecular formula is C89H169N3O7. The van der Waals surface area contributed by atoms with E-state index in [1.807, 2.05) is 48.5 Å². The second kappa shape index (κ2) is 47.7. The summed E-state index contributed by atoms with van der Waals surface area (Å²) in [5, 5.41) is 9.12. The molecule has 0 bridgehead atoms. The lowest BCUT2D eigenvalue weighted by atomic mass is 9.76. The van der Waals surface area contributed by atoms with E-state index >= 15 is 0 Å². The van der Waals surface area contributed by atoms with Crippen molar-refractivity contribution in [1.29, 1.82) is 0 Å². The van der Waals surface area contributed by atoms with Crippen LogP contribution in [0.4, 0.5) is 0 Å². The van der Waals surface area contributed by atoms with E-state index in [-0.39, 0.29) is 62.4 Å². The number of Topliss-reactive ketones (excluding diaryl/α,β-unsaturated/α-hetero) is 1. The number of rotatable bonds is 28. The molecule has 10 nitrogen and oxygen atoms in total. The van der Waals surface area contributed by atoms with Gasteiger partial charge < -0.3 is 30.2 Å². The molecule has 10 heteroatoms. The Morgan fingerprint density at radius 1 is 0.303 bits per heavy atom. The summed E-state index contributed by atoms with van der Waals surface area (Å²) in [6.07, 6.45) is 13.0. The Hall–Kier alpha value is -3.60. The van der Waals surface area contributed by atoms with Gasteiger partial charge in [0.2, 0.25) is 17.7 Å². The minimum Gasteiger partial charge on any atom is -0.381 e. The van der Waals surface area contributed by atoms with E-state index in [9.17, 15) is 19.2 Å². The van der Waals surface area contributed by atoms with Gasteiger partial charge in [-0.15, -0.1) is 0 Å². The van der Waals surface area contributed by atoms with Gasteiger partial charge >= 0.3 is 0 Å². The number of ether oxygens (including phenoxy) is 3. The molecule has 3 amide bonds. The zero-order valence-electron chi connectivity index (χ0n) is 72.5. The number of amides is 3. The van der Waals surface area contributed by atoms with Crippen LogP contribution in [0, 0.1) is 76.8 Å². The van der Waals surface area contributed by atoms with Crippen molar-refractivity contribution in [2.45, 2.75) is 339 Å². The van der Waals surface area contributed by atoms with Crippen LogP contribution in [0.15, 0.2) is 60.7 Å². The van der Waals surface area contributed by atoms with E-state index in [4.69, 9.17) is 14.2 Å². The van der Waals surface area contributed by atoms with Crippen LogP contribution in [0.3, 0.4) is 0 Å². The van der Waals surface area contributed by atoms with E-state index in [1.54, 1.807) is 0 Å². The highest BCUT2D eigenvalue weighted by Gasteiger charge is 2.32. The predicted octanol–water partition coefficient (Wildman–Crippen LogP) is 23.8. The number of hydrogen-bond acceptors (Lipinski definition) is 7. The molecule has 0 saturated heterocycles. The Labute approximate surface area is 616 Å². The van der Waals surface area contributed by atoms with Gasteiger partial charge in [-0.25, -0.2) is 0 Å². The van der Waals surface area contributed by atoms with Crippen LogP contribution in [0.25, 0.3) is 0 Å². The lowest BCUT2D eigenvalue weighted by Crippen LogP contribution is -2.40. The van der Waals surface area contributed by atoms with E-state index in [0.717, 1.165) is 110 Å². The van der Waals surface area contributed by atoms with Crippen LogP contribution < -0.4 is 16.0 Å². The first-order valence-electron chi connectivity index (χ1n) is 38.4. The summed E-state index contributed by atoms with van der Waals surface area (Å²) >= 11 is 0. The minimum absolute atomic E-state index is 0.000122. The van der Waals surface area contributed by atoms with E-state index in [0.29, 0.717) is 70.1 Å². The van der Waals surface area contributed by atoms with Gasteiger partial charge in [0.1, 0.15) is 5.78 Å². The molecular weight excluding hydrogens is 1220 g/mol. The van der Waals surface area contributed by atoms with Gasteiger partial charge in [0.15, 0.2) is 0 Å². The molecule has 0 spiro atoms. The molecule has 0 fully saturated rings. The van der Waals surface area contributed by atoms with Crippen molar-refractivity contribution in [3.63, 3.8) is 0 Å². The maximum Gasteiger partial charge on any atom is 0.223 e. The number of carbonyl (C=O) groups excluding carboxylic acids is 4. The minimum atomic E-state index is -0.294. The Kier molecular flexibility index (Phi) is 49.0. The smallest absolute Gasteiger partial charge is 0.223 e. The molecule has 0 saturated carbocycles. The average molecular weight is 1390 g/mol. The molecule has 582 valence electrons. The van der Waals surface area contributed by atoms with Crippen molar-refractivity contribution in [3.8, 4) is 0 Å². The standard InChI is InChI=1S/C22H35NO2.C19H31NO.C14H30O2.C12H25NO.C12H26O.C10H22/c1-21(2,3)12-13-23-20(25)18(14-17-10-8-7-9-11-17)15-19(24)16-22(4,5)6;1-18(2,3)12-13-20-17(21)16(19(4,5)6)14-15-10-8-7-9-11-15;1-13(2,3)7-9-15-11-12-16-10-8-14(4,5)6;1-11(2,3)7-8-13-10(14)9-12(4,5)6;1-11(2,3)7-9-13-10-8-12(4,5)6;1-9(2,3)7-8-10(4,5)6/h7-11,18H,12-16H2,1-6H3,(H,23,25);7-11,16H,12-14H2,1-6H3,(H,20,21);7-12H2,1-6H3;7-9H2,1-6H3,(H,13,14);7-10H2,1-6H3;7-8H2,1-6H3. The molecule has 2 atom stereocenters. The summed E-state index contributed by atoms with van der Waals surface area (Å²) in [5.74, 6) is 0.212. The Morgan fingerprint density at radius 3 is 0.859 bits per heavy atom. The number of ketones is 1. The quantitative estimate of drug-likeness (QED) is 0.0723. The summed E-state index contributed by atoms with van der Waals surface area (Å²) in [6, 6.07) is 20.2. The highest BCUT2D eigenvalue weighted by molar-refractivity contribution is 5.87. The van der Waals surface area contributed by atoms with Gasteiger partial charge in [-0.1, -0.05) is 310 Å². The molecule has 2 aromatic rings. The third-order valence-corrected chi connectivity index (χ3v) is 15.8. The molecule has 0 aromatic heterocycles. The number of nitrogens with one attached hydrogen (secondary N) is 3. The SMILES string of the molecule is CC(C)(C)CCC(C)(C)C.CC(C)(C)CCNC(=O)C(CC(=O)CC(C)(C)C)Cc1ccccc1.CC(C)(C)CCNC(=O)C(Cc1ccccc1)C(C)(C)C.CC(C)(C)CCNC(=O)CC(C)(C)C.CC(C)(C)CCOCCC(C)(C)C.CC(C)(C)CCOCCOCCC(C)(C)C. The highest BCUT2D eigenvalue weighted by atomic mass is 16.5. The van der Waals surface area contributed by atoms with Crippen LogP contribution in [-0.2, 0) is 46.2 Å². The predicted molar refractivity (Wildman–Crippen MR) is 433 cm³/mol. The molecule has 2 aromatic carbocycles. The van der Waals surface area contributed by atoms with Crippen molar-refractivity contribution < 1.29 is 33.4 Å². The van der Waals surface area contributed by atoms with Crippen molar-refractivity contribution in [3.05, 3.63) is 71.8 Å². The summed E-state index contributed by atoms with van der Waals surface area (Å²) in [4.78, 5) is 49.1. The fourth-order valence-corrected chi connectivity index (χ4v) is 8.93. The largest absolute Gasteiger partial charge is 0.381 e. The second-order valence-corrected chi connectivity index (χ2v) is 42.8. The van der Waals surface area contributed by atoms with Gasteiger partial charge in [0.25, 0.3) is 0 Å². The van der Waals surface area contributed by atoms with Crippen molar-refractivity contribution in [2.75, 3.05) is 59.3 Å². The molecule has 3 N–H and O–H groups in total. The molecule has 0 aliphatic heterocycles. The molecule has 2 rings (SSSR count). The fraction of sp³-hybridized carbons (Fsp3) is 0.820. The maximum absolute atomic E-state index is 12.7. The van der Waals surface area contributed by atoms with Crippen molar-refractivity contribution in [2.24, 2.45) is 76.8 Å². The average Bonchev–Trinajstić information content (AvgIpc) is 0.851. The summed E-state index contributed by atoms with van der Waals surface area (Å²) < 4.78 is 16.6. The summed E-state index contributed by atoms with van der Waals surface area (Å²) in [6.45, 7) is 86.3. The zero-order chi connectivity index (χ0) is 78.2. The first-order chi connectivity index (χ1) is 44.3. The van der Waals surface area contributed by atoms with E-state index < -0.39 is 0 Å². The fourth-order valence-electron chi connectivity index (χ4n) is 8.93. The van der Waals surface area contributed by atoms with Crippen LogP contribution >= 0.6 is 0 Å². The van der Waals surface area contributed by atoms with Crippen LogP contribution in [0.5, 0.6) is 0 Å². The first kappa shape index (κ1) is 102. The molecule has 0 aliphatic rings. The number of carbonyl (C=O) groups is 4. The maximum atomic E-state index is 12.7. The van der Waals surface area contributed by atoms with Crippen LogP contribution in [0.2, 0.25) is 0 Å². The second-order valence-electron chi connectivity index (χ2n) is 42.8. The number of benzene rings is 2. The highest BCUT2D eigenvalue weighted by Crippen LogP contribution is 2.32. The number of hydrogen-bond donors (Lipinski definition) is 3. The van der Waals surface area contributed by atoms with Crippen molar-refractivity contribution >= 4 is 23.5 Å². The molecule has 0 radical (unpaired) electrons. The third kappa shape index (κ3) is 81.6. The lowest BCUT2D eigenvalue weighted by molar-refractivity contribution is -0.130. The normalized spacial score (nSPS) is 13.4.